The van der Waals surface area contributed by atoms with Crippen LogP contribution in [0.3, 0.4) is 0 Å². The van der Waals surface area contributed by atoms with Crippen LogP contribution in [0.25, 0.3) is 0 Å². The summed E-state index contributed by atoms with van der Waals surface area (Å²) in [5.41, 5.74) is 2.96. The number of benzene rings is 1. The molecule has 1 heterocycles. The minimum absolute atomic E-state index is 0.239. The first-order valence-corrected chi connectivity index (χ1v) is 7.56. The third-order valence-electron chi connectivity index (χ3n) is 3.99. The van der Waals surface area contributed by atoms with E-state index in [-0.39, 0.29) is 6.03 Å². The lowest BCUT2D eigenvalue weighted by molar-refractivity contribution is -0.139. The quantitative estimate of drug-likeness (QED) is 0.866. The number of ether oxygens (including phenoxy) is 1. The first-order valence-electron chi connectivity index (χ1n) is 7.56. The van der Waals surface area contributed by atoms with Gasteiger partial charge >= 0.3 is 12.0 Å². The van der Waals surface area contributed by atoms with Gasteiger partial charge in [-0.2, -0.15) is 0 Å². The zero-order chi connectivity index (χ0) is 17.1. The molecule has 0 spiro atoms. The van der Waals surface area contributed by atoms with E-state index in [1.807, 2.05) is 43.3 Å². The van der Waals surface area contributed by atoms with E-state index in [1.165, 1.54) is 4.90 Å². The molecule has 0 radical (unpaired) electrons. The summed E-state index contributed by atoms with van der Waals surface area (Å²) < 4.78 is 5.17. The monoisotopic (exact) mass is 317 g/mol. The minimum atomic E-state index is -0.506. The summed E-state index contributed by atoms with van der Waals surface area (Å²) in [5.74, 6) is -0.404. The number of rotatable bonds is 4. The maximum atomic E-state index is 12.4. The van der Waals surface area contributed by atoms with Crippen molar-refractivity contribution in [2.45, 2.75) is 19.9 Å². The third-order valence-corrected chi connectivity index (χ3v) is 3.99. The summed E-state index contributed by atoms with van der Waals surface area (Å²) in [6.45, 7) is 3.81. The van der Waals surface area contributed by atoms with Crippen molar-refractivity contribution in [3.8, 4) is 0 Å². The highest BCUT2D eigenvalue weighted by Crippen LogP contribution is 2.31. The molecule has 1 unspecified atom stereocenters. The number of amides is 2. The Morgan fingerprint density at radius 1 is 1.30 bits per heavy atom. The predicted molar refractivity (Wildman–Crippen MR) is 89.1 cm³/mol. The van der Waals surface area contributed by atoms with Gasteiger partial charge in [0.2, 0.25) is 0 Å². The molecule has 1 aromatic carbocycles. The summed E-state index contributed by atoms with van der Waals surface area (Å²) in [5, 5.41) is 2.87. The number of nitrogens with zero attached hydrogens (tertiary/aromatic N) is 2. The van der Waals surface area contributed by atoms with Crippen molar-refractivity contribution >= 4 is 17.7 Å². The van der Waals surface area contributed by atoms with E-state index < -0.39 is 12.0 Å². The number of anilines is 1. The van der Waals surface area contributed by atoms with Gasteiger partial charge in [-0.3, -0.25) is 0 Å². The maximum absolute atomic E-state index is 12.4. The summed E-state index contributed by atoms with van der Waals surface area (Å²) in [6.07, 6.45) is 0. The molecule has 0 bridgehead atoms. The Hall–Kier alpha value is -2.50. The predicted octanol–water partition coefficient (Wildman–Crippen LogP) is 2.29. The van der Waals surface area contributed by atoms with Crippen molar-refractivity contribution in [2.75, 3.05) is 32.6 Å². The van der Waals surface area contributed by atoms with Crippen LogP contribution in [0.4, 0.5) is 10.5 Å². The van der Waals surface area contributed by atoms with Crippen LogP contribution in [0.1, 0.15) is 25.5 Å². The molecule has 6 heteroatoms. The topological polar surface area (TPSA) is 61.9 Å². The van der Waals surface area contributed by atoms with Gasteiger partial charge in [0.15, 0.2) is 0 Å². The number of carbonyl (C=O) groups is 2. The van der Waals surface area contributed by atoms with Gasteiger partial charge in [-0.1, -0.05) is 12.1 Å². The number of esters is 1. The molecule has 2 amide bonds. The van der Waals surface area contributed by atoms with Crippen LogP contribution in [-0.4, -0.2) is 44.7 Å². The lowest BCUT2D eigenvalue weighted by Crippen LogP contribution is -2.46. The van der Waals surface area contributed by atoms with Crippen molar-refractivity contribution < 1.29 is 14.3 Å². The molecular formula is C17H23N3O3. The van der Waals surface area contributed by atoms with Crippen LogP contribution in [0.15, 0.2) is 35.5 Å². The molecule has 0 saturated carbocycles. The minimum Gasteiger partial charge on any atom is -0.463 e. The van der Waals surface area contributed by atoms with Crippen LogP contribution in [-0.2, 0) is 9.53 Å². The zero-order valence-electron chi connectivity index (χ0n) is 14.2. The first kappa shape index (κ1) is 16.9. The van der Waals surface area contributed by atoms with Gasteiger partial charge in [-0.05, 0) is 31.5 Å². The molecule has 1 aromatic rings. The highest BCUT2D eigenvalue weighted by atomic mass is 16.5. The molecule has 0 saturated heterocycles. The fraction of sp³-hybridized carbons (Fsp3) is 0.412. The highest BCUT2D eigenvalue weighted by molar-refractivity contribution is 5.95. The van der Waals surface area contributed by atoms with Crippen molar-refractivity contribution in [3.05, 3.63) is 41.1 Å². The molecule has 2 rings (SSSR count). The van der Waals surface area contributed by atoms with Gasteiger partial charge in [0.05, 0.1) is 18.2 Å². The maximum Gasteiger partial charge on any atom is 0.338 e. The van der Waals surface area contributed by atoms with Gasteiger partial charge in [0, 0.05) is 32.5 Å². The summed E-state index contributed by atoms with van der Waals surface area (Å²) in [7, 11) is 5.55. The lowest BCUT2D eigenvalue weighted by atomic mass is 9.95. The Morgan fingerprint density at radius 2 is 1.91 bits per heavy atom. The second-order valence-electron chi connectivity index (χ2n) is 5.65. The average Bonchev–Trinajstić information content (AvgIpc) is 2.52. The fourth-order valence-corrected chi connectivity index (χ4v) is 2.52. The molecule has 1 atom stereocenters. The van der Waals surface area contributed by atoms with E-state index in [0.29, 0.717) is 17.9 Å². The average molecular weight is 317 g/mol. The zero-order valence-corrected chi connectivity index (χ0v) is 14.2. The van der Waals surface area contributed by atoms with E-state index in [9.17, 15) is 9.59 Å². The first-order chi connectivity index (χ1) is 10.9. The third kappa shape index (κ3) is 3.31. The Labute approximate surface area is 136 Å². The van der Waals surface area contributed by atoms with E-state index in [0.717, 1.165) is 11.3 Å². The molecular weight excluding hydrogens is 294 g/mol. The van der Waals surface area contributed by atoms with Gasteiger partial charge in [0.25, 0.3) is 0 Å². The number of nitrogens with one attached hydrogen (secondary N) is 1. The summed E-state index contributed by atoms with van der Waals surface area (Å²) in [4.78, 5) is 27.9. The molecule has 23 heavy (non-hydrogen) atoms. The Kier molecular flexibility index (Phi) is 4.93. The Bertz CT molecular complexity index is 635. The largest absolute Gasteiger partial charge is 0.463 e. The molecule has 124 valence electrons. The smallest absolute Gasteiger partial charge is 0.338 e. The van der Waals surface area contributed by atoms with Crippen molar-refractivity contribution in [2.24, 2.45) is 0 Å². The van der Waals surface area contributed by atoms with E-state index in [4.69, 9.17) is 4.74 Å². The number of allylic oxidation sites excluding steroid dienone is 1. The van der Waals surface area contributed by atoms with Gasteiger partial charge in [-0.15, -0.1) is 0 Å². The molecule has 6 nitrogen and oxygen atoms in total. The number of hydrogen-bond donors (Lipinski definition) is 1. The second kappa shape index (κ2) is 6.73. The number of urea groups is 1. The van der Waals surface area contributed by atoms with Crippen LogP contribution < -0.4 is 10.2 Å². The second-order valence-corrected chi connectivity index (χ2v) is 5.65. The van der Waals surface area contributed by atoms with Crippen LogP contribution >= 0.6 is 0 Å². The van der Waals surface area contributed by atoms with Crippen molar-refractivity contribution in [3.63, 3.8) is 0 Å². The Balaban J connectivity index is 2.44. The Morgan fingerprint density at radius 3 is 2.43 bits per heavy atom. The fourth-order valence-electron chi connectivity index (χ4n) is 2.52. The van der Waals surface area contributed by atoms with Gasteiger partial charge in [0.1, 0.15) is 0 Å². The lowest BCUT2D eigenvalue weighted by Gasteiger charge is -2.33. The molecule has 1 aliphatic rings. The van der Waals surface area contributed by atoms with Gasteiger partial charge < -0.3 is 19.9 Å². The summed E-state index contributed by atoms with van der Waals surface area (Å²) >= 11 is 0. The number of hydrogen-bond acceptors (Lipinski definition) is 4. The molecule has 1 aliphatic heterocycles. The highest BCUT2D eigenvalue weighted by Gasteiger charge is 2.34. The molecule has 1 N–H and O–H groups in total. The van der Waals surface area contributed by atoms with Crippen LogP contribution in [0.2, 0.25) is 0 Å². The normalized spacial score (nSPS) is 17.9. The van der Waals surface area contributed by atoms with E-state index in [2.05, 4.69) is 5.32 Å². The standard InChI is InChI=1S/C17H23N3O3/c1-6-23-16(21)14-11(2)20(5)17(22)18-15(14)12-7-9-13(10-8-12)19(3)4/h7-10,15H,6H2,1-5H3,(H,18,22). The molecule has 0 fully saturated rings. The number of carbonyl (C=O) groups excluding carboxylic acids is 2. The van der Waals surface area contributed by atoms with Crippen LogP contribution in [0, 0.1) is 0 Å². The van der Waals surface area contributed by atoms with Crippen molar-refractivity contribution in [1.82, 2.24) is 10.2 Å². The molecule has 0 aromatic heterocycles. The van der Waals surface area contributed by atoms with Crippen molar-refractivity contribution in [1.29, 1.82) is 0 Å². The summed E-state index contributed by atoms with van der Waals surface area (Å²) in [6, 6.07) is 7.00. The van der Waals surface area contributed by atoms with E-state index in [1.54, 1.807) is 20.9 Å². The van der Waals surface area contributed by atoms with Gasteiger partial charge in [-0.25, -0.2) is 9.59 Å². The van der Waals surface area contributed by atoms with Crippen LogP contribution in [0.5, 0.6) is 0 Å². The SMILES string of the molecule is CCOC(=O)C1=C(C)N(C)C(=O)NC1c1ccc(N(C)C)cc1. The molecule has 0 aliphatic carbocycles. The van der Waals surface area contributed by atoms with E-state index >= 15 is 0 Å².